The lowest BCUT2D eigenvalue weighted by Gasteiger charge is -2.22. The van der Waals surface area contributed by atoms with E-state index < -0.39 is 17.6 Å². The summed E-state index contributed by atoms with van der Waals surface area (Å²) in [5.41, 5.74) is 1.60. The van der Waals surface area contributed by atoms with Crippen molar-refractivity contribution in [3.8, 4) is 0 Å². The Hall–Kier alpha value is -2.28. The number of benzene rings is 1. The molecule has 1 heterocycles. The Kier molecular flexibility index (Phi) is 5.36. The average Bonchev–Trinajstić information content (AvgIpc) is 3.27. The number of carboxylic acids is 1. The maximum atomic E-state index is 13.4. The van der Waals surface area contributed by atoms with Gasteiger partial charge in [-0.05, 0) is 48.1 Å². The SMILES string of the molecule is Cc1ccsc1C1CC1C(=O)N(CCC(=O)O)Cc1ccc(F)c(F)c1. The Balaban J connectivity index is 1.73. The van der Waals surface area contributed by atoms with Crippen LogP contribution in [0.25, 0.3) is 0 Å². The molecule has 0 aliphatic heterocycles. The zero-order chi connectivity index (χ0) is 18.8. The Morgan fingerprint density at radius 2 is 2.04 bits per heavy atom. The summed E-state index contributed by atoms with van der Waals surface area (Å²) in [7, 11) is 0. The van der Waals surface area contributed by atoms with Crippen LogP contribution in [0.2, 0.25) is 0 Å². The predicted molar refractivity (Wildman–Crippen MR) is 93.9 cm³/mol. The molecule has 1 aliphatic rings. The summed E-state index contributed by atoms with van der Waals surface area (Å²) in [6.07, 6.45) is 0.548. The molecule has 0 bridgehead atoms. The minimum atomic E-state index is -1.01. The van der Waals surface area contributed by atoms with E-state index in [1.807, 2.05) is 18.4 Å². The van der Waals surface area contributed by atoms with Crippen LogP contribution >= 0.6 is 11.3 Å². The highest BCUT2D eigenvalue weighted by atomic mass is 32.1. The summed E-state index contributed by atoms with van der Waals surface area (Å²) in [4.78, 5) is 26.4. The predicted octanol–water partition coefficient (Wildman–Crippen LogP) is 3.94. The van der Waals surface area contributed by atoms with Crippen LogP contribution in [0.5, 0.6) is 0 Å². The number of hydrogen-bond acceptors (Lipinski definition) is 3. The van der Waals surface area contributed by atoms with Crippen LogP contribution in [0.15, 0.2) is 29.6 Å². The van der Waals surface area contributed by atoms with E-state index in [2.05, 4.69) is 0 Å². The molecule has 1 aromatic carbocycles. The molecule has 0 spiro atoms. The molecule has 0 saturated heterocycles. The van der Waals surface area contributed by atoms with Crippen molar-refractivity contribution in [1.29, 1.82) is 0 Å². The molecule has 2 atom stereocenters. The van der Waals surface area contributed by atoms with E-state index in [0.717, 1.165) is 24.1 Å². The smallest absolute Gasteiger partial charge is 0.305 e. The molecule has 0 radical (unpaired) electrons. The molecule has 7 heteroatoms. The van der Waals surface area contributed by atoms with Crippen molar-refractivity contribution in [1.82, 2.24) is 4.90 Å². The first kappa shape index (κ1) is 18.5. The van der Waals surface area contributed by atoms with Gasteiger partial charge < -0.3 is 10.0 Å². The van der Waals surface area contributed by atoms with Crippen LogP contribution < -0.4 is 0 Å². The summed E-state index contributed by atoms with van der Waals surface area (Å²) in [5, 5.41) is 10.9. The third kappa shape index (κ3) is 4.09. The zero-order valence-corrected chi connectivity index (χ0v) is 15.1. The van der Waals surface area contributed by atoms with Gasteiger partial charge in [0.1, 0.15) is 0 Å². The third-order valence-corrected chi connectivity index (χ3v) is 5.76. The topological polar surface area (TPSA) is 57.6 Å². The first-order valence-corrected chi connectivity index (χ1v) is 9.23. The van der Waals surface area contributed by atoms with Gasteiger partial charge >= 0.3 is 5.97 Å². The van der Waals surface area contributed by atoms with Crippen LogP contribution in [0.1, 0.15) is 34.8 Å². The van der Waals surface area contributed by atoms with Crippen LogP contribution in [0.3, 0.4) is 0 Å². The fourth-order valence-electron chi connectivity index (χ4n) is 3.11. The second kappa shape index (κ2) is 7.53. The number of aryl methyl sites for hydroxylation is 1. The maximum Gasteiger partial charge on any atom is 0.305 e. The van der Waals surface area contributed by atoms with Gasteiger partial charge in [-0.3, -0.25) is 9.59 Å². The lowest BCUT2D eigenvalue weighted by Crippen LogP contribution is -2.34. The number of halogens is 2. The van der Waals surface area contributed by atoms with Gasteiger partial charge in [-0.1, -0.05) is 6.07 Å². The number of thiophene rings is 1. The van der Waals surface area contributed by atoms with Crippen LogP contribution in [0, 0.1) is 24.5 Å². The molecule has 1 aliphatic carbocycles. The first-order chi connectivity index (χ1) is 12.4. The van der Waals surface area contributed by atoms with E-state index in [0.29, 0.717) is 5.56 Å². The minimum absolute atomic E-state index is 0.0415. The quantitative estimate of drug-likeness (QED) is 0.793. The molecule has 4 nitrogen and oxygen atoms in total. The minimum Gasteiger partial charge on any atom is -0.481 e. The lowest BCUT2D eigenvalue weighted by atomic mass is 10.1. The second-order valence-corrected chi connectivity index (χ2v) is 7.52. The standard InChI is InChI=1S/C19H19F2NO3S/c1-11-5-7-26-18(11)13-9-14(13)19(25)22(6-4-17(23)24)10-12-2-3-15(20)16(21)8-12/h2-3,5,7-8,13-14H,4,6,9-10H2,1H3,(H,23,24). The summed E-state index contributed by atoms with van der Waals surface area (Å²) < 4.78 is 26.5. The average molecular weight is 379 g/mol. The van der Waals surface area contributed by atoms with E-state index in [9.17, 15) is 18.4 Å². The van der Waals surface area contributed by atoms with Gasteiger partial charge in [0.05, 0.1) is 6.42 Å². The Morgan fingerprint density at radius 3 is 2.65 bits per heavy atom. The highest BCUT2D eigenvalue weighted by molar-refractivity contribution is 7.10. The fraction of sp³-hybridized carbons (Fsp3) is 0.368. The molecular formula is C19H19F2NO3S. The largest absolute Gasteiger partial charge is 0.481 e. The van der Waals surface area contributed by atoms with Crippen molar-refractivity contribution in [2.24, 2.45) is 5.92 Å². The van der Waals surface area contributed by atoms with Gasteiger partial charge in [0.2, 0.25) is 5.91 Å². The van der Waals surface area contributed by atoms with Gasteiger partial charge in [-0.25, -0.2) is 8.78 Å². The number of carbonyl (C=O) groups excluding carboxylic acids is 1. The summed E-state index contributed by atoms with van der Waals surface area (Å²) in [6, 6.07) is 5.49. The van der Waals surface area contributed by atoms with Crippen LogP contribution in [-0.2, 0) is 16.1 Å². The molecule has 138 valence electrons. The Labute approximate surface area is 154 Å². The molecule has 1 amide bonds. The van der Waals surface area contributed by atoms with Gasteiger partial charge in [-0.2, -0.15) is 0 Å². The second-order valence-electron chi connectivity index (χ2n) is 6.57. The van der Waals surface area contributed by atoms with Crippen molar-refractivity contribution >= 4 is 23.2 Å². The molecule has 3 rings (SSSR count). The molecule has 26 heavy (non-hydrogen) atoms. The monoisotopic (exact) mass is 379 g/mol. The highest BCUT2D eigenvalue weighted by Crippen LogP contribution is 2.51. The van der Waals surface area contributed by atoms with E-state index in [1.165, 1.54) is 15.8 Å². The number of carbonyl (C=O) groups is 2. The number of aliphatic carboxylic acids is 1. The summed E-state index contributed by atoms with van der Waals surface area (Å²) in [6.45, 7) is 2.12. The molecule has 1 saturated carbocycles. The molecule has 1 N–H and O–H groups in total. The number of rotatable bonds is 7. The molecule has 1 aromatic heterocycles. The number of hydrogen-bond donors (Lipinski definition) is 1. The van der Waals surface area contributed by atoms with Crippen LogP contribution in [-0.4, -0.2) is 28.4 Å². The zero-order valence-electron chi connectivity index (χ0n) is 14.2. The van der Waals surface area contributed by atoms with E-state index in [1.54, 1.807) is 11.3 Å². The van der Waals surface area contributed by atoms with E-state index in [4.69, 9.17) is 5.11 Å². The van der Waals surface area contributed by atoms with Gasteiger partial charge in [-0.15, -0.1) is 11.3 Å². The third-order valence-electron chi connectivity index (χ3n) is 4.61. The van der Waals surface area contributed by atoms with Gasteiger partial charge in [0, 0.05) is 29.8 Å². The highest BCUT2D eigenvalue weighted by Gasteiger charge is 2.46. The molecular weight excluding hydrogens is 360 g/mol. The van der Waals surface area contributed by atoms with E-state index in [-0.39, 0.29) is 37.3 Å². The van der Waals surface area contributed by atoms with Crippen molar-refractivity contribution in [2.45, 2.75) is 32.2 Å². The van der Waals surface area contributed by atoms with Gasteiger partial charge in [0.25, 0.3) is 0 Å². The summed E-state index contributed by atoms with van der Waals surface area (Å²) >= 11 is 1.62. The van der Waals surface area contributed by atoms with E-state index >= 15 is 0 Å². The van der Waals surface area contributed by atoms with Crippen molar-refractivity contribution in [3.05, 3.63) is 57.3 Å². The number of amides is 1. The first-order valence-electron chi connectivity index (χ1n) is 8.35. The molecule has 2 aromatic rings. The number of carboxylic acid groups (broad SMARTS) is 1. The van der Waals surface area contributed by atoms with Crippen LogP contribution in [0.4, 0.5) is 8.78 Å². The Bertz CT molecular complexity index is 836. The Morgan fingerprint density at radius 1 is 1.27 bits per heavy atom. The lowest BCUT2D eigenvalue weighted by molar-refractivity contribution is -0.139. The van der Waals surface area contributed by atoms with Crippen molar-refractivity contribution in [2.75, 3.05) is 6.54 Å². The maximum absolute atomic E-state index is 13.4. The fourth-order valence-corrected chi connectivity index (χ4v) is 4.22. The number of nitrogens with zero attached hydrogens (tertiary/aromatic N) is 1. The molecule has 2 unspecified atom stereocenters. The van der Waals surface area contributed by atoms with Crippen molar-refractivity contribution in [3.63, 3.8) is 0 Å². The normalized spacial score (nSPS) is 18.6. The van der Waals surface area contributed by atoms with Crippen molar-refractivity contribution < 1.29 is 23.5 Å². The molecule has 1 fully saturated rings. The summed E-state index contributed by atoms with van der Waals surface area (Å²) in [5.74, 6) is -3.08. The van der Waals surface area contributed by atoms with Gasteiger partial charge in [0.15, 0.2) is 11.6 Å².